The molecule has 4 rings (SSSR count). The van der Waals surface area contributed by atoms with Crippen molar-refractivity contribution >= 4 is 0 Å². The normalized spacial score (nSPS) is 22.9. The Balaban J connectivity index is 1.51. The molecule has 1 unspecified atom stereocenters. The highest BCUT2D eigenvalue weighted by Crippen LogP contribution is 2.21. The molecule has 0 radical (unpaired) electrons. The van der Waals surface area contributed by atoms with E-state index in [9.17, 15) is 0 Å². The SMILES string of the molecule is c1cncc(CN2Cc3ccnn3CCC2CN2CCOCC2)c1. The lowest BCUT2D eigenvalue weighted by Crippen LogP contribution is -2.46. The first-order chi connectivity index (χ1) is 11.9. The Hall–Kier alpha value is -1.76. The van der Waals surface area contributed by atoms with Crippen LogP contribution in [-0.4, -0.2) is 63.5 Å². The number of aryl methyl sites for hydroxylation is 1. The van der Waals surface area contributed by atoms with E-state index >= 15 is 0 Å². The summed E-state index contributed by atoms with van der Waals surface area (Å²) in [6, 6.07) is 6.87. The van der Waals surface area contributed by atoms with Gasteiger partial charge in [-0.05, 0) is 24.1 Å². The molecule has 0 aliphatic carbocycles. The first-order valence-corrected chi connectivity index (χ1v) is 8.82. The second kappa shape index (κ2) is 7.42. The third-order valence-electron chi connectivity index (χ3n) is 5.04. The molecule has 0 bridgehead atoms. The predicted molar refractivity (Wildman–Crippen MR) is 91.4 cm³/mol. The Kier molecular flexibility index (Phi) is 4.87. The molecule has 6 nitrogen and oxygen atoms in total. The van der Waals surface area contributed by atoms with Gasteiger partial charge in [-0.1, -0.05) is 6.07 Å². The zero-order chi connectivity index (χ0) is 16.2. The Morgan fingerprint density at radius 1 is 1.12 bits per heavy atom. The molecule has 2 aromatic rings. The van der Waals surface area contributed by atoms with Crippen molar-refractivity contribution < 1.29 is 4.74 Å². The molecule has 0 saturated carbocycles. The molecule has 4 heterocycles. The number of hydrogen-bond acceptors (Lipinski definition) is 5. The summed E-state index contributed by atoms with van der Waals surface area (Å²) in [5, 5.41) is 4.48. The van der Waals surface area contributed by atoms with Crippen LogP contribution in [0.2, 0.25) is 0 Å². The highest BCUT2D eigenvalue weighted by molar-refractivity contribution is 5.10. The standard InChI is InChI=1S/C18H25N5O/c1-2-16(12-19-5-1)13-22-15-18-3-6-20-23(18)7-4-17(22)14-21-8-10-24-11-9-21/h1-3,5-6,12,17H,4,7-11,13-15H2. The Labute approximate surface area is 143 Å². The smallest absolute Gasteiger partial charge is 0.0594 e. The van der Waals surface area contributed by atoms with Crippen LogP contribution >= 0.6 is 0 Å². The summed E-state index contributed by atoms with van der Waals surface area (Å²) in [6.45, 7) is 7.80. The predicted octanol–water partition coefficient (Wildman–Crippen LogP) is 1.38. The van der Waals surface area contributed by atoms with Crippen molar-refractivity contribution in [2.24, 2.45) is 0 Å². The zero-order valence-corrected chi connectivity index (χ0v) is 14.0. The van der Waals surface area contributed by atoms with E-state index in [1.54, 1.807) is 0 Å². The van der Waals surface area contributed by atoms with Crippen LogP contribution in [0, 0.1) is 0 Å². The van der Waals surface area contributed by atoms with Gasteiger partial charge in [0, 0.05) is 63.9 Å². The summed E-state index contributed by atoms with van der Waals surface area (Å²) in [5.41, 5.74) is 2.58. The molecule has 6 heteroatoms. The van der Waals surface area contributed by atoms with Gasteiger partial charge >= 0.3 is 0 Å². The fraction of sp³-hybridized carbons (Fsp3) is 0.556. The van der Waals surface area contributed by atoms with Crippen molar-refractivity contribution in [1.82, 2.24) is 24.6 Å². The maximum Gasteiger partial charge on any atom is 0.0594 e. The van der Waals surface area contributed by atoms with Crippen molar-refractivity contribution in [3.63, 3.8) is 0 Å². The average Bonchev–Trinajstić information content (AvgIpc) is 3.01. The number of rotatable bonds is 4. The van der Waals surface area contributed by atoms with E-state index in [2.05, 4.69) is 36.7 Å². The fourth-order valence-corrected chi connectivity index (χ4v) is 3.69. The Bertz CT molecular complexity index is 638. The molecule has 2 aliphatic rings. The van der Waals surface area contributed by atoms with E-state index in [-0.39, 0.29) is 0 Å². The molecule has 2 aliphatic heterocycles. The van der Waals surface area contributed by atoms with E-state index in [1.807, 2.05) is 24.7 Å². The summed E-state index contributed by atoms with van der Waals surface area (Å²) >= 11 is 0. The summed E-state index contributed by atoms with van der Waals surface area (Å²) in [5.74, 6) is 0. The zero-order valence-electron chi connectivity index (χ0n) is 14.0. The van der Waals surface area contributed by atoms with Crippen LogP contribution in [0.15, 0.2) is 36.8 Å². The number of aromatic nitrogens is 3. The molecule has 0 aromatic carbocycles. The number of nitrogens with zero attached hydrogens (tertiary/aromatic N) is 5. The van der Waals surface area contributed by atoms with E-state index in [1.165, 1.54) is 11.3 Å². The first-order valence-electron chi connectivity index (χ1n) is 8.82. The van der Waals surface area contributed by atoms with Crippen molar-refractivity contribution in [3.05, 3.63) is 48.0 Å². The van der Waals surface area contributed by atoms with Crippen LogP contribution < -0.4 is 0 Å². The highest BCUT2D eigenvalue weighted by atomic mass is 16.5. The molecule has 1 fully saturated rings. The molecule has 2 aromatic heterocycles. The number of ether oxygens (including phenoxy) is 1. The lowest BCUT2D eigenvalue weighted by molar-refractivity contribution is 0.0196. The van der Waals surface area contributed by atoms with Gasteiger partial charge in [-0.25, -0.2) is 0 Å². The second-order valence-electron chi connectivity index (χ2n) is 6.67. The minimum atomic E-state index is 0.532. The van der Waals surface area contributed by atoms with Crippen LogP contribution in [0.4, 0.5) is 0 Å². The van der Waals surface area contributed by atoms with Gasteiger partial charge in [-0.15, -0.1) is 0 Å². The molecule has 24 heavy (non-hydrogen) atoms. The Morgan fingerprint density at radius 2 is 2.04 bits per heavy atom. The summed E-state index contributed by atoms with van der Waals surface area (Å²) in [6.07, 6.45) is 6.87. The van der Waals surface area contributed by atoms with Crippen LogP contribution in [0.25, 0.3) is 0 Å². The molecule has 0 N–H and O–H groups in total. The van der Waals surface area contributed by atoms with Gasteiger partial charge in [0.15, 0.2) is 0 Å². The lowest BCUT2D eigenvalue weighted by Gasteiger charge is -2.35. The van der Waals surface area contributed by atoms with Gasteiger partial charge in [0.25, 0.3) is 0 Å². The van der Waals surface area contributed by atoms with Crippen LogP contribution in [-0.2, 0) is 24.4 Å². The van der Waals surface area contributed by atoms with E-state index in [0.717, 1.165) is 58.9 Å². The monoisotopic (exact) mass is 327 g/mol. The maximum absolute atomic E-state index is 5.50. The van der Waals surface area contributed by atoms with Crippen molar-refractivity contribution in [2.75, 3.05) is 32.8 Å². The third kappa shape index (κ3) is 3.66. The summed E-state index contributed by atoms with van der Waals surface area (Å²) < 4.78 is 7.66. The topological polar surface area (TPSA) is 46.4 Å². The molecular formula is C18H25N5O. The lowest BCUT2D eigenvalue weighted by atomic mass is 10.1. The molecule has 1 saturated heterocycles. The summed E-state index contributed by atoms with van der Waals surface area (Å²) in [4.78, 5) is 9.41. The van der Waals surface area contributed by atoms with Gasteiger partial charge in [0.1, 0.15) is 0 Å². The molecule has 0 spiro atoms. The van der Waals surface area contributed by atoms with Gasteiger partial charge in [-0.2, -0.15) is 5.10 Å². The van der Waals surface area contributed by atoms with E-state index < -0.39 is 0 Å². The number of pyridine rings is 1. The van der Waals surface area contributed by atoms with Crippen LogP contribution in [0.5, 0.6) is 0 Å². The first kappa shape index (κ1) is 15.7. The van der Waals surface area contributed by atoms with Crippen LogP contribution in [0.3, 0.4) is 0 Å². The van der Waals surface area contributed by atoms with Crippen molar-refractivity contribution in [2.45, 2.75) is 32.1 Å². The molecule has 1 atom stereocenters. The minimum Gasteiger partial charge on any atom is -0.379 e. The maximum atomic E-state index is 5.50. The number of hydrogen-bond donors (Lipinski definition) is 0. The Morgan fingerprint density at radius 3 is 2.88 bits per heavy atom. The van der Waals surface area contributed by atoms with Gasteiger partial charge < -0.3 is 4.74 Å². The van der Waals surface area contributed by atoms with Gasteiger partial charge in [0.05, 0.1) is 18.9 Å². The van der Waals surface area contributed by atoms with E-state index in [0.29, 0.717) is 6.04 Å². The number of fused-ring (bicyclic) bond motifs is 1. The van der Waals surface area contributed by atoms with Crippen molar-refractivity contribution in [1.29, 1.82) is 0 Å². The quantitative estimate of drug-likeness (QED) is 0.849. The highest BCUT2D eigenvalue weighted by Gasteiger charge is 2.26. The summed E-state index contributed by atoms with van der Waals surface area (Å²) in [7, 11) is 0. The molecular weight excluding hydrogens is 302 g/mol. The van der Waals surface area contributed by atoms with Crippen molar-refractivity contribution in [3.8, 4) is 0 Å². The van der Waals surface area contributed by atoms with Gasteiger partial charge in [-0.3, -0.25) is 19.5 Å². The fourth-order valence-electron chi connectivity index (χ4n) is 3.69. The van der Waals surface area contributed by atoms with Crippen LogP contribution in [0.1, 0.15) is 17.7 Å². The average molecular weight is 327 g/mol. The molecule has 128 valence electrons. The molecule has 0 amide bonds. The van der Waals surface area contributed by atoms with E-state index in [4.69, 9.17) is 4.74 Å². The third-order valence-corrected chi connectivity index (χ3v) is 5.04. The largest absolute Gasteiger partial charge is 0.379 e. The second-order valence-corrected chi connectivity index (χ2v) is 6.67. The minimum absolute atomic E-state index is 0.532. The number of morpholine rings is 1. The van der Waals surface area contributed by atoms with Gasteiger partial charge in [0.2, 0.25) is 0 Å².